The van der Waals surface area contributed by atoms with Gasteiger partial charge in [0.05, 0.1) is 42.7 Å². The summed E-state index contributed by atoms with van der Waals surface area (Å²) in [7, 11) is 9.79. The molecule has 158 valence electrons. The van der Waals surface area contributed by atoms with E-state index in [1.807, 2.05) is 36.0 Å². The van der Waals surface area contributed by atoms with Gasteiger partial charge in [0.15, 0.2) is 23.0 Å². The molecule has 7 heteroatoms. The van der Waals surface area contributed by atoms with E-state index in [4.69, 9.17) is 28.4 Å². The van der Waals surface area contributed by atoms with Crippen LogP contribution >= 0.6 is 11.8 Å². The van der Waals surface area contributed by atoms with E-state index < -0.39 is 0 Å². The van der Waals surface area contributed by atoms with Crippen LogP contribution in [0.15, 0.2) is 24.3 Å². The van der Waals surface area contributed by atoms with Gasteiger partial charge in [-0.25, -0.2) is 0 Å². The van der Waals surface area contributed by atoms with Crippen LogP contribution in [0.2, 0.25) is 0 Å². The predicted molar refractivity (Wildman–Crippen MR) is 115 cm³/mol. The van der Waals surface area contributed by atoms with E-state index in [0.29, 0.717) is 45.0 Å². The average molecular weight is 421 g/mol. The molecule has 0 saturated carbocycles. The van der Waals surface area contributed by atoms with Crippen molar-refractivity contribution in [1.82, 2.24) is 0 Å². The van der Waals surface area contributed by atoms with E-state index in [2.05, 4.69) is 0 Å². The van der Waals surface area contributed by atoms with Crippen molar-refractivity contribution in [2.45, 2.75) is 23.3 Å². The molecule has 3 rings (SSSR count). The van der Waals surface area contributed by atoms with Crippen molar-refractivity contribution in [2.24, 2.45) is 0 Å². The summed E-state index contributed by atoms with van der Waals surface area (Å²) in [6.45, 7) is 0. The lowest BCUT2D eigenvalue weighted by Crippen LogP contribution is -1.99. The first-order valence-electron chi connectivity index (χ1n) is 9.35. The number of rotatable bonds is 8. The monoisotopic (exact) mass is 420 g/mol. The second kappa shape index (κ2) is 9.39. The van der Waals surface area contributed by atoms with Crippen LogP contribution in [0.1, 0.15) is 34.5 Å². The molecule has 2 aromatic carbocycles. The molecule has 0 radical (unpaired) electrons. The van der Waals surface area contributed by atoms with Crippen molar-refractivity contribution in [2.75, 3.05) is 42.7 Å². The van der Waals surface area contributed by atoms with Crippen molar-refractivity contribution >= 4 is 11.8 Å². The van der Waals surface area contributed by atoms with E-state index in [0.717, 1.165) is 12.8 Å². The van der Waals surface area contributed by atoms with Gasteiger partial charge in [-0.05, 0) is 48.2 Å². The van der Waals surface area contributed by atoms with Crippen LogP contribution in [-0.2, 0) is 0 Å². The normalized spacial score (nSPS) is 18.3. The molecule has 0 aromatic heterocycles. The molecule has 0 amide bonds. The van der Waals surface area contributed by atoms with Crippen molar-refractivity contribution in [3.63, 3.8) is 0 Å². The Morgan fingerprint density at radius 2 is 0.862 bits per heavy atom. The Morgan fingerprint density at radius 1 is 0.552 bits per heavy atom. The molecule has 2 unspecified atom stereocenters. The maximum atomic E-state index is 5.52. The van der Waals surface area contributed by atoms with Crippen molar-refractivity contribution in [3.8, 4) is 34.5 Å². The molecule has 0 bridgehead atoms. The molecule has 2 atom stereocenters. The quantitative estimate of drug-likeness (QED) is 0.592. The van der Waals surface area contributed by atoms with Crippen LogP contribution in [0, 0.1) is 0 Å². The number of benzene rings is 2. The van der Waals surface area contributed by atoms with Gasteiger partial charge in [-0.2, -0.15) is 0 Å². The number of thioether (sulfide) groups is 1. The topological polar surface area (TPSA) is 55.4 Å². The highest BCUT2D eigenvalue weighted by atomic mass is 32.2. The van der Waals surface area contributed by atoms with Crippen LogP contribution < -0.4 is 28.4 Å². The zero-order valence-electron chi connectivity index (χ0n) is 17.7. The first kappa shape index (κ1) is 21.3. The van der Waals surface area contributed by atoms with Crippen LogP contribution in [0.5, 0.6) is 34.5 Å². The summed E-state index contributed by atoms with van der Waals surface area (Å²) in [5.41, 5.74) is 2.33. The molecular formula is C22H28O6S. The highest BCUT2D eigenvalue weighted by Gasteiger charge is 2.31. The Kier molecular flexibility index (Phi) is 6.90. The molecule has 6 nitrogen and oxygen atoms in total. The minimum absolute atomic E-state index is 0.327. The molecule has 0 spiro atoms. The van der Waals surface area contributed by atoms with E-state index >= 15 is 0 Å². The second-order valence-electron chi connectivity index (χ2n) is 6.61. The number of methoxy groups -OCH3 is 6. The summed E-state index contributed by atoms with van der Waals surface area (Å²) < 4.78 is 32.9. The summed E-state index contributed by atoms with van der Waals surface area (Å²) in [6, 6.07) is 8.15. The fourth-order valence-corrected chi connectivity index (χ4v) is 5.23. The zero-order valence-corrected chi connectivity index (χ0v) is 18.6. The molecule has 1 heterocycles. The van der Waals surface area contributed by atoms with E-state index in [9.17, 15) is 0 Å². The molecule has 1 aliphatic rings. The van der Waals surface area contributed by atoms with Gasteiger partial charge in [0, 0.05) is 10.5 Å². The fraction of sp³-hybridized carbons (Fsp3) is 0.455. The van der Waals surface area contributed by atoms with Gasteiger partial charge in [0.25, 0.3) is 0 Å². The Morgan fingerprint density at radius 3 is 1.10 bits per heavy atom. The highest BCUT2D eigenvalue weighted by Crippen LogP contribution is 2.56. The van der Waals surface area contributed by atoms with Crippen molar-refractivity contribution < 1.29 is 28.4 Å². The minimum Gasteiger partial charge on any atom is -0.493 e. The molecule has 0 N–H and O–H groups in total. The summed E-state index contributed by atoms with van der Waals surface area (Å²) in [5.74, 6) is 3.94. The average Bonchev–Trinajstić information content (AvgIpc) is 3.27. The van der Waals surface area contributed by atoms with Gasteiger partial charge >= 0.3 is 0 Å². The van der Waals surface area contributed by atoms with Gasteiger partial charge in [-0.15, -0.1) is 11.8 Å². The maximum absolute atomic E-state index is 5.52. The first-order chi connectivity index (χ1) is 14.1. The molecular weight excluding hydrogens is 392 g/mol. The highest BCUT2D eigenvalue weighted by molar-refractivity contribution is 8.00. The van der Waals surface area contributed by atoms with Crippen molar-refractivity contribution in [1.29, 1.82) is 0 Å². The lowest BCUT2D eigenvalue weighted by atomic mass is 10.0. The van der Waals surface area contributed by atoms with Gasteiger partial charge in [-0.1, -0.05) is 0 Å². The zero-order chi connectivity index (χ0) is 21.0. The third kappa shape index (κ3) is 4.15. The van der Waals surface area contributed by atoms with Gasteiger partial charge in [0.2, 0.25) is 11.5 Å². The Labute approximate surface area is 176 Å². The largest absolute Gasteiger partial charge is 0.493 e. The number of hydrogen-bond donors (Lipinski definition) is 0. The molecule has 1 fully saturated rings. The van der Waals surface area contributed by atoms with Crippen LogP contribution in [0.3, 0.4) is 0 Å². The standard InChI is InChI=1S/C22H28O6S/c1-23-15-9-13(10-16(24-2)21(15)27-5)19-7-8-20(29-19)14-11-17(25-3)22(28-6)18(12-14)26-4/h9-12,19-20H,7-8H2,1-6H3. The summed E-state index contributed by atoms with van der Waals surface area (Å²) >= 11 is 1.92. The third-order valence-corrected chi connectivity index (χ3v) is 6.81. The van der Waals surface area contributed by atoms with E-state index in [-0.39, 0.29) is 0 Å². The minimum atomic E-state index is 0.327. The molecule has 1 aliphatic heterocycles. The Hall–Kier alpha value is -2.41. The fourth-order valence-electron chi connectivity index (χ4n) is 3.70. The molecule has 2 aromatic rings. The smallest absolute Gasteiger partial charge is 0.203 e. The second-order valence-corrected chi connectivity index (χ2v) is 8.02. The molecule has 29 heavy (non-hydrogen) atoms. The Bertz CT molecular complexity index is 734. The van der Waals surface area contributed by atoms with Crippen LogP contribution in [-0.4, -0.2) is 42.7 Å². The maximum Gasteiger partial charge on any atom is 0.203 e. The number of hydrogen-bond acceptors (Lipinski definition) is 7. The molecule has 1 saturated heterocycles. The van der Waals surface area contributed by atoms with Crippen LogP contribution in [0.4, 0.5) is 0 Å². The molecule has 0 aliphatic carbocycles. The van der Waals surface area contributed by atoms with Gasteiger partial charge < -0.3 is 28.4 Å². The SMILES string of the molecule is COc1cc(C2CCC(c3cc(OC)c(OC)c(OC)c3)S2)cc(OC)c1OC. The summed E-state index contributed by atoms with van der Waals surface area (Å²) in [4.78, 5) is 0. The lowest BCUT2D eigenvalue weighted by Gasteiger charge is -2.19. The third-order valence-electron chi connectivity index (χ3n) is 5.14. The predicted octanol–water partition coefficient (Wildman–Crippen LogP) is 5.05. The summed E-state index contributed by atoms with van der Waals surface area (Å²) in [6.07, 6.45) is 2.09. The van der Waals surface area contributed by atoms with Crippen molar-refractivity contribution in [3.05, 3.63) is 35.4 Å². The van der Waals surface area contributed by atoms with Crippen LogP contribution in [0.25, 0.3) is 0 Å². The van der Waals surface area contributed by atoms with E-state index in [1.165, 1.54) is 11.1 Å². The first-order valence-corrected chi connectivity index (χ1v) is 10.3. The van der Waals surface area contributed by atoms with Gasteiger partial charge in [0.1, 0.15) is 0 Å². The lowest BCUT2D eigenvalue weighted by molar-refractivity contribution is 0.323. The Balaban J connectivity index is 1.89. The number of ether oxygens (including phenoxy) is 6. The van der Waals surface area contributed by atoms with Gasteiger partial charge in [-0.3, -0.25) is 0 Å². The summed E-state index contributed by atoms with van der Waals surface area (Å²) in [5, 5.41) is 0.653. The van der Waals surface area contributed by atoms with E-state index in [1.54, 1.807) is 42.7 Å².